The Morgan fingerprint density at radius 2 is 2.30 bits per heavy atom. The number of hydrogen-bond donors (Lipinski definition) is 2. The molecule has 1 saturated heterocycles. The third kappa shape index (κ3) is 3.02. The highest BCUT2D eigenvalue weighted by atomic mass is 16.5. The Kier molecular flexibility index (Phi) is 4.02. The van der Waals surface area contributed by atoms with Gasteiger partial charge >= 0.3 is 0 Å². The second kappa shape index (κ2) is 6.09. The number of benzene rings is 1. The molecular formula is C16H20N2O2. The van der Waals surface area contributed by atoms with Gasteiger partial charge in [0.2, 0.25) is 5.91 Å². The number of fused-ring (bicyclic) bond motifs is 1. The van der Waals surface area contributed by atoms with Gasteiger partial charge in [-0.1, -0.05) is 18.2 Å². The number of para-hydroxylation sites is 1. The Morgan fingerprint density at radius 3 is 3.15 bits per heavy atom. The maximum atomic E-state index is 12.0. The molecular weight excluding hydrogens is 252 g/mol. The van der Waals surface area contributed by atoms with Crippen molar-refractivity contribution in [3.8, 4) is 0 Å². The topological polar surface area (TPSA) is 54.1 Å². The summed E-state index contributed by atoms with van der Waals surface area (Å²) in [5.74, 6) is 0.706. The predicted molar refractivity (Wildman–Crippen MR) is 78.6 cm³/mol. The van der Waals surface area contributed by atoms with E-state index in [1.165, 1.54) is 0 Å². The molecule has 1 unspecified atom stereocenters. The van der Waals surface area contributed by atoms with Gasteiger partial charge in [0.1, 0.15) is 0 Å². The Hall–Kier alpha value is -1.81. The number of rotatable bonds is 5. The lowest BCUT2D eigenvalue weighted by molar-refractivity contribution is -0.120. The summed E-state index contributed by atoms with van der Waals surface area (Å²) in [7, 11) is 0. The van der Waals surface area contributed by atoms with Gasteiger partial charge in [-0.15, -0.1) is 0 Å². The van der Waals surface area contributed by atoms with Gasteiger partial charge in [-0.2, -0.15) is 0 Å². The van der Waals surface area contributed by atoms with Crippen LogP contribution in [0.5, 0.6) is 0 Å². The Bertz CT molecular complexity index is 585. The standard InChI is InChI=1S/C16H20N2O2/c19-16(17-7-5-12-6-8-20-11-12)9-13-10-18-15-4-2-1-3-14(13)15/h1-4,10,12,18H,5-9,11H2,(H,17,19). The van der Waals surface area contributed by atoms with Crippen molar-refractivity contribution in [1.29, 1.82) is 0 Å². The van der Waals surface area contributed by atoms with E-state index < -0.39 is 0 Å². The third-order valence-electron chi connectivity index (χ3n) is 3.92. The Morgan fingerprint density at radius 1 is 1.40 bits per heavy atom. The van der Waals surface area contributed by atoms with Crippen molar-refractivity contribution in [3.05, 3.63) is 36.0 Å². The second-order valence-corrected chi connectivity index (χ2v) is 5.40. The van der Waals surface area contributed by atoms with Crippen molar-refractivity contribution >= 4 is 16.8 Å². The van der Waals surface area contributed by atoms with Crippen LogP contribution < -0.4 is 5.32 Å². The van der Waals surface area contributed by atoms with E-state index in [2.05, 4.69) is 10.3 Å². The van der Waals surface area contributed by atoms with E-state index in [4.69, 9.17) is 4.74 Å². The van der Waals surface area contributed by atoms with Gasteiger partial charge in [0.15, 0.2) is 0 Å². The summed E-state index contributed by atoms with van der Waals surface area (Å²) in [6.45, 7) is 2.46. The summed E-state index contributed by atoms with van der Waals surface area (Å²) in [5.41, 5.74) is 2.14. The number of amides is 1. The number of aromatic amines is 1. The lowest BCUT2D eigenvalue weighted by atomic mass is 10.1. The average molecular weight is 272 g/mol. The fourth-order valence-corrected chi connectivity index (χ4v) is 2.74. The monoisotopic (exact) mass is 272 g/mol. The van der Waals surface area contributed by atoms with Crippen LogP contribution in [0.2, 0.25) is 0 Å². The molecule has 2 aromatic rings. The van der Waals surface area contributed by atoms with E-state index in [0.717, 1.165) is 49.1 Å². The van der Waals surface area contributed by atoms with Crippen LogP contribution in [0.15, 0.2) is 30.5 Å². The van der Waals surface area contributed by atoms with Crippen LogP contribution >= 0.6 is 0 Å². The van der Waals surface area contributed by atoms with Crippen LogP contribution in [0.4, 0.5) is 0 Å². The summed E-state index contributed by atoms with van der Waals surface area (Å²) >= 11 is 0. The quantitative estimate of drug-likeness (QED) is 0.877. The molecule has 1 amide bonds. The molecule has 0 spiro atoms. The minimum Gasteiger partial charge on any atom is -0.381 e. The summed E-state index contributed by atoms with van der Waals surface area (Å²) < 4.78 is 5.33. The van der Waals surface area contributed by atoms with Crippen LogP contribution in [0, 0.1) is 5.92 Å². The molecule has 1 aromatic heterocycles. The molecule has 20 heavy (non-hydrogen) atoms. The highest BCUT2D eigenvalue weighted by molar-refractivity contribution is 5.88. The molecule has 1 aliphatic heterocycles. The SMILES string of the molecule is O=C(Cc1c[nH]c2ccccc12)NCCC1CCOC1. The molecule has 4 nitrogen and oxygen atoms in total. The van der Waals surface area contributed by atoms with E-state index in [1.54, 1.807) is 0 Å². The fraction of sp³-hybridized carbons (Fsp3) is 0.438. The van der Waals surface area contributed by atoms with Crippen LogP contribution in [0.25, 0.3) is 10.9 Å². The van der Waals surface area contributed by atoms with Crippen molar-refractivity contribution in [1.82, 2.24) is 10.3 Å². The first kappa shape index (κ1) is 13.2. The zero-order valence-corrected chi connectivity index (χ0v) is 11.5. The zero-order chi connectivity index (χ0) is 13.8. The maximum absolute atomic E-state index is 12.0. The van der Waals surface area contributed by atoms with E-state index >= 15 is 0 Å². The first-order valence-electron chi connectivity index (χ1n) is 7.22. The average Bonchev–Trinajstić information content (AvgIpc) is 3.09. The molecule has 2 heterocycles. The van der Waals surface area contributed by atoms with Gasteiger partial charge in [-0.05, 0) is 30.4 Å². The molecule has 0 saturated carbocycles. The van der Waals surface area contributed by atoms with E-state index in [9.17, 15) is 4.79 Å². The minimum absolute atomic E-state index is 0.0914. The van der Waals surface area contributed by atoms with E-state index in [1.807, 2.05) is 30.5 Å². The first-order valence-corrected chi connectivity index (χ1v) is 7.22. The highest BCUT2D eigenvalue weighted by Gasteiger charge is 2.15. The van der Waals surface area contributed by atoms with Gasteiger partial charge in [-0.25, -0.2) is 0 Å². The lowest BCUT2D eigenvalue weighted by Gasteiger charge is -2.08. The number of H-pyrrole nitrogens is 1. The summed E-state index contributed by atoms with van der Waals surface area (Å²) in [6, 6.07) is 8.06. The highest BCUT2D eigenvalue weighted by Crippen LogP contribution is 2.18. The molecule has 1 aromatic carbocycles. The van der Waals surface area contributed by atoms with Crippen molar-refractivity contribution in [2.24, 2.45) is 5.92 Å². The summed E-state index contributed by atoms with van der Waals surface area (Å²) in [6.07, 6.45) is 4.50. The molecule has 0 radical (unpaired) electrons. The van der Waals surface area contributed by atoms with Crippen LogP contribution in [-0.2, 0) is 16.0 Å². The van der Waals surface area contributed by atoms with Crippen molar-refractivity contribution in [3.63, 3.8) is 0 Å². The normalized spacial score (nSPS) is 18.5. The number of carbonyl (C=O) groups excluding carboxylic acids is 1. The van der Waals surface area contributed by atoms with Gasteiger partial charge in [-0.3, -0.25) is 4.79 Å². The summed E-state index contributed by atoms with van der Waals surface area (Å²) in [5, 5.41) is 4.14. The molecule has 2 N–H and O–H groups in total. The van der Waals surface area contributed by atoms with Crippen LogP contribution in [0.3, 0.4) is 0 Å². The van der Waals surface area contributed by atoms with Crippen molar-refractivity contribution < 1.29 is 9.53 Å². The molecule has 4 heteroatoms. The van der Waals surface area contributed by atoms with Gasteiger partial charge in [0.05, 0.1) is 6.42 Å². The second-order valence-electron chi connectivity index (χ2n) is 5.40. The van der Waals surface area contributed by atoms with Crippen molar-refractivity contribution in [2.75, 3.05) is 19.8 Å². The number of nitrogens with one attached hydrogen (secondary N) is 2. The maximum Gasteiger partial charge on any atom is 0.224 e. The van der Waals surface area contributed by atoms with Crippen molar-refractivity contribution in [2.45, 2.75) is 19.3 Å². The molecule has 3 rings (SSSR count). The van der Waals surface area contributed by atoms with E-state index in [0.29, 0.717) is 12.3 Å². The van der Waals surface area contributed by atoms with Crippen LogP contribution in [-0.4, -0.2) is 30.6 Å². The van der Waals surface area contributed by atoms with Gasteiger partial charge in [0.25, 0.3) is 0 Å². The predicted octanol–water partition coefficient (Wildman–Crippen LogP) is 2.25. The number of carbonyl (C=O) groups is 1. The Balaban J connectivity index is 1.50. The molecule has 0 aliphatic carbocycles. The van der Waals surface area contributed by atoms with Gasteiger partial charge in [0, 0.05) is 36.9 Å². The number of hydrogen-bond acceptors (Lipinski definition) is 2. The zero-order valence-electron chi connectivity index (χ0n) is 11.5. The number of ether oxygens (including phenoxy) is 1. The molecule has 106 valence electrons. The molecule has 1 fully saturated rings. The third-order valence-corrected chi connectivity index (χ3v) is 3.92. The molecule has 0 bridgehead atoms. The molecule has 1 atom stereocenters. The number of aromatic nitrogens is 1. The molecule has 1 aliphatic rings. The lowest BCUT2D eigenvalue weighted by Crippen LogP contribution is -2.27. The Labute approximate surface area is 118 Å². The van der Waals surface area contributed by atoms with Crippen LogP contribution in [0.1, 0.15) is 18.4 Å². The summed E-state index contributed by atoms with van der Waals surface area (Å²) in [4.78, 5) is 15.2. The van der Waals surface area contributed by atoms with Gasteiger partial charge < -0.3 is 15.0 Å². The fourth-order valence-electron chi connectivity index (χ4n) is 2.74. The van der Waals surface area contributed by atoms with E-state index in [-0.39, 0.29) is 5.91 Å². The largest absolute Gasteiger partial charge is 0.381 e. The minimum atomic E-state index is 0.0914. The smallest absolute Gasteiger partial charge is 0.224 e. The first-order chi connectivity index (χ1) is 9.83.